The molecule has 90 valence electrons. The predicted octanol–water partition coefficient (Wildman–Crippen LogP) is 1.25. The third-order valence-corrected chi connectivity index (χ3v) is 3.37. The van der Waals surface area contributed by atoms with Crippen molar-refractivity contribution in [3.63, 3.8) is 0 Å². The first-order valence-electron chi connectivity index (χ1n) is 6.06. The summed E-state index contributed by atoms with van der Waals surface area (Å²) in [6.07, 6.45) is 4.22. The zero-order chi connectivity index (χ0) is 11.5. The van der Waals surface area contributed by atoms with E-state index in [4.69, 9.17) is 10.8 Å². The molecule has 15 heavy (non-hydrogen) atoms. The maximum Gasteiger partial charge on any atom is 0.0446 e. The minimum Gasteiger partial charge on any atom is -0.396 e. The van der Waals surface area contributed by atoms with E-state index in [0.717, 1.165) is 19.3 Å². The van der Waals surface area contributed by atoms with Crippen LogP contribution in [-0.4, -0.2) is 29.8 Å². The average molecular weight is 214 g/mol. The molecular formula is C12H26N2O. The van der Waals surface area contributed by atoms with Gasteiger partial charge in [0, 0.05) is 24.7 Å². The molecule has 3 heteroatoms. The molecule has 1 aliphatic rings. The lowest BCUT2D eigenvalue weighted by atomic mass is 9.84. The lowest BCUT2D eigenvalue weighted by Crippen LogP contribution is -2.45. The van der Waals surface area contributed by atoms with Crippen LogP contribution in [0.5, 0.6) is 0 Å². The highest BCUT2D eigenvalue weighted by atomic mass is 16.3. The van der Waals surface area contributed by atoms with Crippen molar-refractivity contribution >= 4 is 0 Å². The molecule has 4 N–H and O–H groups in total. The van der Waals surface area contributed by atoms with E-state index >= 15 is 0 Å². The van der Waals surface area contributed by atoms with Crippen LogP contribution in [0.1, 0.15) is 46.5 Å². The Kier molecular flexibility index (Phi) is 4.56. The van der Waals surface area contributed by atoms with E-state index < -0.39 is 0 Å². The SMILES string of the molecule is CC(C)(C)C(CCO)NC1CCC(N)C1. The van der Waals surface area contributed by atoms with Crippen molar-refractivity contribution in [1.29, 1.82) is 0 Å². The summed E-state index contributed by atoms with van der Waals surface area (Å²) in [6, 6.07) is 1.31. The van der Waals surface area contributed by atoms with Crippen molar-refractivity contribution in [2.45, 2.75) is 64.6 Å². The molecule has 1 fully saturated rings. The van der Waals surface area contributed by atoms with Crippen LogP contribution < -0.4 is 11.1 Å². The second-order valence-corrected chi connectivity index (χ2v) is 5.87. The topological polar surface area (TPSA) is 58.3 Å². The Bertz CT molecular complexity index is 189. The maximum absolute atomic E-state index is 9.06. The van der Waals surface area contributed by atoms with Crippen molar-refractivity contribution in [2.75, 3.05) is 6.61 Å². The summed E-state index contributed by atoms with van der Waals surface area (Å²) in [5.41, 5.74) is 6.10. The summed E-state index contributed by atoms with van der Waals surface area (Å²) < 4.78 is 0. The largest absolute Gasteiger partial charge is 0.396 e. The van der Waals surface area contributed by atoms with Gasteiger partial charge in [-0.25, -0.2) is 0 Å². The molecule has 0 aromatic heterocycles. The van der Waals surface area contributed by atoms with Crippen LogP contribution in [0.4, 0.5) is 0 Å². The van der Waals surface area contributed by atoms with Gasteiger partial charge < -0.3 is 16.2 Å². The van der Waals surface area contributed by atoms with Crippen LogP contribution in [0.2, 0.25) is 0 Å². The molecule has 3 unspecified atom stereocenters. The number of aliphatic hydroxyl groups excluding tert-OH is 1. The summed E-state index contributed by atoms with van der Waals surface area (Å²) in [4.78, 5) is 0. The van der Waals surface area contributed by atoms with Gasteiger partial charge in [0.15, 0.2) is 0 Å². The Morgan fingerprint density at radius 3 is 2.47 bits per heavy atom. The monoisotopic (exact) mass is 214 g/mol. The zero-order valence-electron chi connectivity index (χ0n) is 10.3. The van der Waals surface area contributed by atoms with Crippen LogP contribution in [0, 0.1) is 5.41 Å². The molecule has 1 rings (SSSR count). The molecule has 0 aromatic carbocycles. The van der Waals surface area contributed by atoms with Gasteiger partial charge in [-0.3, -0.25) is 0 Å². The average Bonchev–Trinajstić information content (AvgIpc) is 2.49. The van der Waals surface area contributed by atoms with E-state index in [0.29, 0.717) is 18.1 Å². The number of nitrogens with two attached hydrogens (primary N) is 1. The van der Waals surface area contributed by atoms with Gasteiger partial charge in [0.25, 0.3) is 0 Å². The first-order chi connectivity index (χ1) is 6.93. The summed E-state index contributed by atoms with van der Waals surface area (Å²) in [5.74, 6) is 0. The van der Waals surface area contributed by atoms with Crippen LogP contribution in [0.3, 0.4) is 0 Å². The van der Waals surface area contributed by atoms with Gasteiger partial charge in [0.05, 0.1) is 0 Å². The Morgan fingerprint density at radius 1 is 1.40 bits per heavy atom. The van der Waals surface area contributed by atoms with E-state index in [9.17, 15) is 0 Å². The van der Waals surface area contributed by atoms with Gasteiger partial charge in [0.1, 0.15) is 0 Å². The smallest absolute Gasteiger partial charge is 0.0446 e. The molecule has 1 aliphatic carbocycles. The minimum absolute atomic E-state index is 0.204. The Hall–Kier alpha value is -0.120. The van der Waals surface area contributed by atoms with E-state index in [-0.39, 0.29) is 12.0 Å². The van der Waals surface area contributed by atoms with Gasteiger partial charge in [-0.15, -0.1) is 0 Å². The fourth-order valence-corrected chi connectivity index (χ4v) is 2.35. The molecule has 0 amide bonds. The summed E-state index contributed by atoms with van der Waals surface area (Å²) >= 11 is 0. The molecule has 0 aliphatic heterocycles. The number of nitrogens with one attached hydrogen (secondary N) is 1. The van der Waals surface area contributed by atoms with Gasteiger partial charge in [-0.2, -0.15) is 0 Å². The van der Waals surface area contributed by atoms with Crippen LogP contribution in [0.15, 0.2) is 0 Å². The Morgan fingerprint density at radius 2 is 2.07 bits per heavy atom. The molecule has 0 saturated heterocycles. The number of rotatable bonds is 4. The molecule has 0 aromatic rings. The van der Waals surface area contributed by atoms with Crippen LogP contribution in [0.25, 0.3) is 0 Å². The van der Waals surface area contributed by atoms with E-state index in [1.165, 1.54) is 6.42 Å². The summed E-state index contributed by atoms with van der Waals surface area (Å²) in [6.45, 7) is 6.91. The maximum atomic E-state index is 9.06. The van der Waals surface area contributed by atoms with Gasteiger partial charge >= 0.3 is 0 Å². The third kappa shape index (κ3) is 4.09. The zero-order valence-corrected chi connectivity index (χ0v) is 10.3. The van der Waals surface area contributed by atoms with E-state index in [1.807, 2.05) is 0 Å². The molecule has 0 heterocycles. The van der Waals surface area contributed by atoms with Crippen LogP contribution in [-0.2, 0) is 0 Å². The van der Waals surface area contributed by atoms with Crippen molar-refractivity contribution in [3.05, 3.63) is 0 Å². The summed E-state index contributed by atoms with van der Waals surface area (Å²) in [5, 5.41) is 12.7. The lowest BCUT2D eigenvalue weighted by molar-refractivity contribution is 0.185. The summed E-state index contributed by atoms with van der Waals surface area (Å²) in [7, 11) is 0. The van der Waals surface area contributed by atoms with E-state index in [1.54, 1.807) is 0 Å². The molecular weight excluding hydrogens is 188 g/mol. The van der Waals surface area contributed by atoms with E-state index in [2.05, 4.69) is 26.1 Å². The molecule has 3 nitrogen and oxygen atoms in total. The lowest BCUT2D eigenvalue weighted by Gasteiger charge is -2.33. The number of hydrogen-bond donors (Lipinski definition) is 3. The minimum atomic E-state index is 0.204. The first-order valence-corrected chi connectivity index (χ1v) is 6.06. The molecule has 3 atom stereocenters. The highest BCUT2D eigenvalue weighted by Crippen LogP contribution is 2.25. The van der Waals surface area contributed by atoms with Crippen molar-refractivity contribution in [3.8, 4) is 0 Å². The van der Waals surface area contributed by atoms with Gasteiger partial charge in [-0.1, -0.05) is 20.8 Å². The number of hydrogen-bond acceptors (Lipinski definition) is 3. The quantitative estimate of drug-likeness (QED) is 0.660. The Balaban J connectivity index is 2.44. The standard InChI is InChI=1S/C12H26N2O/c1-12(2,3)11(6-7-15)14-10-5-4-9(13)8-10/h9-11,14-15H,4-8,13H2,1-3H3. The second-order valence-electron chi connectivity index (χ2n) is 5.87. The van der Waals surface area contributed by atoms with Crippen molar-refractivity contribution < 1.29 is 5.11 Å². The normalized spacial score (nSPS) is 29.4. The fraction of sp³-hybridized carbons (Fsp3) is 1.00. The van der Waals surface area contributed by atoms with Crippen molar-refractivity contribution in [2.24, 2.45) is 11.1 Å². The van der Waals surface area contributed by atoms with Crippen LogP contribution >= 0.6 is 0 Å². The first kappa shape index (κ1) is 12.9. The van der Waals surface area contributed by atoms with Crippen molar-refractivity contribution in [1.82, 2.24) is 5.32 Å². The number of aliphatic hydroxyl groups is 1. The third-order valence-electron chi connectivity index (χ3n) is 3.37. The van der Waals surface area contributed by atoms with Gasteiger partial charge in [-0.05, 0) is 31.1 Å². The molecule has 0 radical (unpaired) electrons. The highest BCUT2D eigenvalue weighted by molar-refractivity contribution is 4.89. The highest BCUT2D eigenvalue weighted by Gasteiger charge is 2.29. The second kappa shape index (κ2) is 5.28. The predicted molar refractivity (Wildman–Crippen MR) is 63.7 cm³/mol. The molecule has 0 bridgehead atoms. The molecule has 1 saturated carbocycles. The Labute approximate surface area is 93.4 Å². The molecule has 0 spiro atoms. The fourth-order valence-electron chi connectivity index (χ4n) is 2.35. The van der Waals surface area contributed by atoms with Gasteiger partial charge in [0.2, 0.25) is 0 Å².